The van der Waals surface area contributed by atoms with E-state index in [1.54, 1.807) is 0 Å². The number of nitrogens with two attached hydrogens (primary N) is 1. The van der Waals surface area contributed by atoms with Crippen LogP contribution in [-0.2, 0) is 0 Å². The first-order chi connectivity index (χ1) is 8.36. The summed E-state index contributed by atoms with van der Waals surface area (Å²) in [4.78, 5) is 2.53. The predicted molar refractivity (Wildman–Crippen MR) is 82.9 cm³/mol. The average molecular weight is 256 g/mol. The number of hydrogen-bond acceptors (Lipinski definition) is 2. The molecule has 0 heterocycles. The summed E-state index contributed by atoms with van der Waals surface area (Å²) in [6.45, 7) is 13.7. The van der Waals surface area contributed by atoms with Crippen LogP contribution in [0.5, 0.6) is 0 Å². The van der Waals surface area contributed by atoms with Gasteiger partial charge in [-0.3, -0.25) is 0 Å². The van der Waals surface area contributed by atoms with Crippen LogP contribution in [0.25, 0.3) is 0 Å². The summed E-state index contributed by atoms with van der Waals surface area (Å²) >= 11 is 0. The van der Waals surface area contributed by atoms with Gasteiger partial charge in [0.2, 0.25) is 0 Å². The minimum absolute atomic E-state index is 0.396. The van der Waals surface area contributed by atoms with Gasteiger partial charge < -0.3 is 10.6 Å². The highest BCUT2D eigenvalue weighted by atomic mass is 15.1. The first-order valence-corrected chi connectivity index (χ1v) is 7.77. The zero-order valence-electron chi connectivity index (χ0n) is 13.6. The van der Waals surface area contributed by atoms with Gasteiger partial charge in [-0.1, -0.05) is 34.6 Å². The van der Waals surface area contributed by atoms with Gasteiger partial charge >= 0.3 is 0 Å². The van der Waals surface area contributed by atoms with Crippen molar-refractivity contribution in [3.63, 3.8) is 0 Å². The average Bonchev–Trinajstić information content (AvgIpc) is 2.28. The van der Waals surface area contributed by atoms with Gasteiger partial charge in [-0.15, -0.1) is 0 Å². The fourth-order valence-corrected chi connectivity index (χ4v) is 2.89. The molecule has 0 bridgehead atoms. The second kappa shape index (κ2) is 8.92. The molecule has 0 aromatic heterocycles. The van der Waals surface area contributed by atoms with Crippen LogP contribution < -0.4 is 5.73 Å². The summed E-state index contributed by atoms with van der Waals surface area (Å²) in [5, 5.41) is 0. The Morgan fingerprint density at radius 1 is 1.06 bits per heavy atom. The lowest BCUT2D eigenvalue weighted by molar-refractivity contribution is 0.182. The van der Waals surface area contributed by atoms with Crippen LogP contribution in [0.1, 0.15) is 66.7 Å². The second-order valence-electron chi connectivity index (χ2n) is 6.73. The molecule has 0 aliphatic heterocycles. The Kier molecular flexibility index (Phi) is 8.89. The maximum Gasteiger partial charge on any atom is 0.00869 e. The molecule has 0 amide bonds. The third-order valence-corrected chi connectivity index (χ3v) is 4.37. The number of nitrogens with zero attached hydrogens (tertiary/aromatic N) is 1. The van der Waals surface area contributed by atoms with Gasteiger partial charge in [0, 0.05) is 6.04 Å². The van der Waals surface area contributed by atoms with E-state index in [9.17, 15) is 0 Å². The van der Waals surface area contributed by atoms with E-state index < -0.39 is 0 Å². The standard InChI is InChI=1S/C16H36N2/c1-7-15(8-2)18(6)13-9-10-14(11-12-17)16(3,4)5/h14-15H,7-13,17H2,1-6H3. The predicted octanol–water partition coefficient (Wildman–Crippen LogP) is 3.90. The van der Waals surface area contributed by atoms with E-state index in [2.05, 4.69) is 46.6 Å². The second-order valence-corrected chi connectivity index (χ2v) is 6.73. The quantitative estimate of drug-likeness (QED) is 0.678. The molecule has 0 saturated carbocycles. The molecule has 0 rings (SSSR count). The van der Waals surface area contributed by atoms with Crippen molar-refractivity contribution in [3.8, 4) is 0 Å². The first kappa shape index (κ1) is 17.9. The normalized spacial score (nSPS) is 14.5. The molecule has 0 aliphatic rings. The van der Waals surface area contributed by atoms with Gasteiger partial charge in [-0.25, -0.2) is 0 Å². The Balaban J connectivity index is 4.06. The van der Waals surface area contributed by atoms with Crippen molar-refractivity contribution < 1.29 is 0 Å². The fourth-order valence-electron chi connectivity index (χ4n) is 2.89. The van der Waals surface area contributed by atoms with Crippen molar-refractivity contribution in [2.24, 2.45) is 17.1 Å². The zero-order chi connectivity index (χ0) is 14.2. The molecular formula is C16H36N2. The van der Waals surface area contributed by atoms with Crippen LogP contribution in [0.15, 0.2) is 0 Å². The smallest absolute Gasteiger partial charge is 0.00869 e. The lowest BCUT2D eigenvalue weighted by Crippen LogP contribution is -2.32. The molecule has 1 unspecified atom stereocenters. The first-order valence-electron chi connectivity index (χ1n) is 7.77. The molecule has 2 N–H and O–H groups in total. The van der Waals surface area contributed by atoms with E-state index in [1.807, 2.05) is 0 Å². The van der Waals surface area contributed by atoms with Crippen LogP contribution >= 0.6 is 0 Å². The topological polar surface area (TPSA) is 29.3 Å². The molecule has 2 nitrogen and oxygen atoms in total. The molecule has 110 valence electrons. The maximum atomic E-state index is 5.74. The van der Waals surface area contributed by atoms with E-state index >= 15 is 0 Å². The van der Waals surface area contributed by atoms with Crippen molar-refractivity contribution in [2.75, 3.05) is 20.1 Å². The van der Waals surface area contributed by atoms with Crippen LogP contribution in [0, 0.1) is 11.3 Å². The van der Waals surface area contributed by atoms with Crippen LogP contribution in [0.2, 0.25) is 0 Å². The van der Waals surface area contributed by atoms with Gasteiger partial charge in [0.05, 0.1) is 0 Å². The summed E-state index contributed by atoms with van der Waals surface area (Å²) in [6.07, 6.45) is 6.30. The summed E-state index contributed by atoms with van der Waals surface area (Å²) in [5.74, 6) is 0.762. The Hall–Kier alpha value is -0.0800. The van der Waals surface area contributed by atoms with E-state index in [4.69, 9.17) is 5.73 Å². The van der Waals surface area contributed by atoms with Crippen molar-refractivity contribution in [1.29, 1.82) is 0 Å². The Labute approximate surface area is 115 Å². The van der Waals surface area contributed by atoms with E-state index in [1.165, 1.54) is 32.2 Å². The molecule has 18 heavy (non-hydrogen) atoms. The summed E-state index contributed by atoms with van der Waals surface area (Å²) < 4.78 is 0. The largest absolute Gasteiger partial charge is 0.330 e. The minimum atomic E-state index is 0.396. The summed E-state index contributed by atoms with van der Waals surface area (Å²) in [5.41, 5.74) is 6.13. The van der Waals surface area contributed by atoms with E-state index in [-0.39, 0.29) is 0 Å². The lowest BCUT2D eigenvalue weighted by Gasteiger charge is -2.32. The van der Waals surface area contributed by atoms with Crippen molar-refractivity contribution in [1.82, 2.24) is 4.90 Å². The molecule has 0 aromatic rings. The molecule has 0 spiro atoms. The Morgan fingerprint density at radius 3 is 2.00 bits per heavy atom. The fraction of sp³-hybridized carbons (Fsp3) is 1.00. The van der Waals surface area contributed by atoms with Crippen molar-refractivity contribution in [2.45, 2.75) is 72.8 Å². The van der Waals surface area contributed by atoms with Gasteiger partial charge in [0.1, 0.15) is 0 Å². The highest BCUT2D eigenvalue weighted by molar-refractivity contribution is 4.75. The highest BCUT2D eigenvalue weighted by Crippen LogP contribution is 2.32. The SMILES string of the molecule is CCC(CC)N(C)CCCC(CCN)C(C)(C)C. The molecule has 0 saturated heterocycles. The van der Waals surface area contributed by atoms with E-state index in [0.29, 0.717) is 5.41 Å². The molecule has 0 fully saturated rings. The molecule has 0 aliphatic carbocycles. The van der Waals surface area contributed by atoms with Crippen molar-refractivity contribution in [3.05, 3.63) is 0 Å². The van der Waals surface area contributed by atoms with Crippen LogP contribution in [-0.4, -0.2) is 31.1 Å². The molecule has 0 radical (unpaired) electrons. The maximum absolute atomic E-state index is 5.74. The summed E-state index contributed by atoms with van der Waals surface area (Å²) in [6, 6.07) is 0.757. The van der Waals surface area contributed by atoms with E-state index in [0.717, 1.165) is 24.9 Å². The third-order valence-electron chi connectivity index (χ3n) is 4.37. The number of hydrogen-bond donors (Lipinski definition) is 1. The third kappa shape index (κ3) is 6.75. The molecule has 0 aromatic carbocycles. The van der Waals surface area contributed by atoms with Crippen LogP contribution in [0.3, 0.4) is 0 Å². The molecule has 2 heteroatoms. The zero-order valence-corrected chi connectivity index (χ0v) is 13.6. The molecular weight excluding hydrogens is 220 g/mol. The highest BCUT2D eigenvalue weighted by Gasteiger charge is 2.23. The van der Waals surface area contributed by atoms with Crippen molar-refractivity contribution >= 4 is 0 Å². The summed E-state index contributed by atoms with van der Waals surface area (Å²) in [7, 11) is 2.27. The van der Waals surface area contributed by atoms with Gasteiger partial charge in [-0.2, -0.15) is 0 Å². The monoisotopic (exact) mass is 256 g/mol. The Bertz CT molecular complexity index is 192. The Morgan fingerprint density at radius 2 is 1.61 bits per heavy atom. The van der Waals surface area contributed by atoms with Gasteiger partial charge in [-0.05, 0) is 63.6 Å². The number of rotatable bonds is 9. The van der Waals surface area contributed by atoms with Gasteiger partial charge in [0.25, 0.3) is 0 Å². The van der Waals surface area contributed by atoms with Crippen LogP contribution in [0.4, 0.5) is 0 Å². The molecule has 1 atom stereocenters. The van der Waals surface area contributed by atoms with Gasteiger partial charge in [0.15, 0.2) is 0 Å². The minimum Gasteiger partial charge on any atom is -0.330 e. The lowest BCUT2D eigenvalue weighted by atomic mass is 9.76.